The molecule has 2 N–H and O–H groups in total. The Hall–Kier alpha value is -2.35. The largest absolute Gasteiger partial charge is 0.504 e. The van der Waals surface area contributed by atoms with E-state index in [1.807, 2.05) is 0 Å². The zero-order valence-corrected chi connectivity index (χ0v) is 18.3. The summed E-state index contributed by atoms with van der Waals surface area (Å²) >= 11 is 3.16. The number of rotatable bonds is 11. The van der Waals surface area contributed by atoms with Crippen LogP contribution in [-0.4, -0.2) is 27.6 Å². The van der Waals surface area contributed by atoms with Crippen LogP contribution in [0.2, 0.25) is 0 Å². The van der Waals surface area contributed by atoms with Crippen LogP contribution in [0.4, 0.5) is 0 Å². The van der Waals surface area contributed by atoms with Gasteiger partial charge in [0.1, 0.15) is 5.78 Å². The highest BCUT2D eigenvalue weighted by Crippen LogP contribution is 2.27. The molecular formula is C21H27BrN2O5. The van der Waals surface area contributed by atoms with Gasteiger partial charge in [-0.3, -0.25) is 19.1 Å². The molecule has 0 saturated carbocycles. The van der Waals surface area contributed by atoms with E-state index < -0.39 is 11.2 Å². The molecule has 1 heterocycles. The Morgan fingerprint density at radius 2 is 2.07 bits per heavy atom. The van der Waals surface area contributed by atoms with Crippen LogP contribution in [0.5, 0.6) is 11.5 Å². The average molecular weight is 467 g/mol. The highest BCUT2D eigenvalue weighted by molar-refractivity contribution is 9.10. The first-order valence-corrected chi connectivity index (χ1v) is 10.5. The molecule has 7 nitrogen and oxygen atoms in total. The number of aromatic amines is 1. The van der Waals surface area contributed by atoms with Gasteiger partial charge in [0.25, 0.3) is 5.56 Å². The lowest BCUT2D eigenvalue weighted by Crippen LogP contribution is -2.33. The van der Waals surface area contributed by atoms with Crippen LogP contribution in [0.25, 0.3) is 0 Å². The van der Waals surface area contributed by atoms with Crippen molar-refractivity contribution in [3.05, 3.63) is 55.3 Å². The third kappa shape index (κ3) is 6.59. The Balaban J connectivity index is 2.10. The molecule has 0 aliphatic heterocycles. The zero-order chi connectivity index (χ0) is 21.4. The minimum atomic E-state index is -0.504. The van der Waals surface area contributed by atoms with E-state index in [4.69, 9.17) is 4.74 Å². The first-order valence-electron chi connectivity index (χ1n) is 9.74. The number of unbranched alkanes of at least 4 members (excludes halogenated alkanes) is 2. The predicted molar refractivity (Wildman–Crippen MR) is 115 cm³/mol. The van der Waals surface area contributed by atoms with Gasteiger partial charge in [0.05, 0.1) is 11.6 Å². The fourth-order valence-corrected chi connectivity index (χ4v) is 3.55. The summed E-state index contributed by atoms with van der Waals surface area (Å²) in [7, 11) is 1.48. The van der Waals surface area contributed by atoms with Crippen molar-refractivity contribution in [2.45, 2.75) is 57.9 Å². The van der Waals surface area contributed by atoms with E-state index in [-0.39, 0.29) is 28.5 Å². The third-order valence-corrected chi connectivity index (χ3v) is 5.42. The van der Waals surface area contributed by atoms with Crippen molar-refractivity contribution < 1.29 is 14.6 Å². The SMILES string of the molecule is CCCCCC(CC(=O)CCc1ccc(O)c(OC)c1)n1cc(Br)c(=O)[nH]c1=O. The molecule has 0 aliphatic carbocycles. The second kappa shape index (κ2) is 11.0. The molecule has 0 saturated heterocycles. The maximum atomic E-state index is 12.6. The van der Waals surface area contributed by atoms with Crippen molar-refractivity contribution in [2.24, 2.45) is 0 Å². The number of benzene rings is 1. The normalized spacial score (nSPS) is 12.0. The number of H-pyrrole nitrogens is 1. The van der Waals surface area contributed by atoms with Crippen LogP contribution >= 0.6 is 15.9 Å². The van der Waals surface area contributed by atoms with E-state index in [0.29, 0.717) is 25.0 Å². The van der Waals surface area contributed by atoms with Crippen molar-refractivity contribution in [1.82, 2.24) is 9.55 Å². The van der Waals surface area contributed by atoms with Gasteiger partial charge in [-0.15, -0.1) is 0 Å². The number of Topliss-reactive ketones (excluding diaryl/α,β-unsaturated/α-hetero) is 1. The topological polar surface area (TPSA) is 101 Å². The number of halogens is 1. The number of aromatic hydroxyl groups is 1. The summed E-state index contributed by atoms with van der Waals surface area (Å²) in [4.78, 5) is 38.8. The monoisotopic (exact) mass is 466 g/mol. The van der Waals surface area contributed by atoms with Crippen LogP contribution in [0.1, 0.15) is 57.1 Å². The molecule has 1 aromatic heterocycles. The predicted octanol–water partition coefficient (Wildman–Crippen LogP) is 3.73. The molecule has 29 heavy (non-hydrogen) atoms. The lowest BCUT2D eigenvalue weighted by molar-refractivity contribution is -0.119. The van der Waals surface area contributed by atoms with Gasteiger partial charge in [-0.05, 0) is 46.5 Å². The van der Waals surface area contributed by atoms with Gasteiger partial charge in [-0.2, -0.15) is 0 Å². The second-order valence-corrected chi connectivity index (χ2v) is 7.90. The fourth-order valence-electron chi connectivity index (χ4n) is 3.23. The maximum Gasteiger partial charge on any atom is 0.328 e. The van der Waals surface area contributed by atoms with Gasteiger partial charge in [-0.1, -0.05) is 32.3 Å². The Bertz CT molecular complexity index is 951. The molecule has 0 radical (unpaired) electrons. The number of methoxy groups -OCH3 is 1. The number of phenolic OH excluding ortho intramolecular Hbond substituents is 1. The van der Waals surface area contributed by atoms with Crippen LogP contribution < -0.4 is 16.0 Å². The lowest BCUT2D eigenvalue weighted by atomic mass is 9.99. The number of nitrogens with zero attached hydrogens (tertiary/aromatic N) is 1. The number of hydrogen-bond donors (Lipinski definition) is 2. The molecule has 0 aliphatic rings. The third-order valence-electron chi connectivity index (χ3n) is 4.86. The van der Waals surface area contributed by atoms with Gasteiger partial charge in [0, 0.05) is 25.1 Å². The number of carbonyl (C=O) groups is 1. The smallest absolute Gasteiger partial charge is 0.328 e. The van der Waals surface area contributed by atoms with E-state index in [9.17, 15) is 19.5 Å². The highest BCUT2D eigenvalue weighted by atomic mass is 79.9. The molecule has 1 aromatic carbocycles. The van der Waals surface area contributed by atoms with Crippen molar-refractivity contribution in [3.8, 4) is 11.5 Å². The second-order valence-electron chi connectivity index (χ2n) is 7.04. The summed E-state index contributed by atoms with van der Waals surface area (Å²) in [6, 6.07) is 4.71. The molecule has 0 amide bonds. The van der Waals surface area contributed by atoms with E-state index in [2.05, 4.69) is 27.8 Å². The number of aromatic nitrogens is 2. The number of ether oxygens (including phenoxy) is 1. The average Bonchev–Trinajstić information content (AvgIpc) is 2.69. The highest BCUT2D eigenvalue weighted by Gasteiger charge is 2.18. The molecule has 158 valence electrons. The summed E-state index contributed by atoms with van der Waals surface area (Å²) in [5.74, 6) is 0.464. The van der Waals surface area contributed by atoms with Crippen LogP contribution in [0.15, 0.2) is 38.5 Å². The number of ketones is 1. The molecule has 2 aromatic rings. The zero-order valence-electron chi connectivity index (χ0n) is 16.7. The standard InChI is InChI=1S/C21H27BrN2O5/c1-3-4-5-6-15(24-13-17(22)20(27)23-21(24)28)12-16(25)9-7-14-8-10-18(26)19(11-14)29-2/h8,10-11,13,15,26H,3-7,9,12H2,1-2H3,(H,23,27,28). The number of carbonyl (C=O) groups excluding carboxylic acids is 1. The van der Waals surface area contributed by atoms with Crippen molar-refractivity contribution in [1.29, 1.82) is 0 Å². The fraction of sp³-hybridized carbons (Fsp3) is 0.476. The molecule has 0 spiro atoms. The van der Waals surface area contributed by atoms with E-state index in [1.165, 1.54) is 17.9 Å². The molecule has 0 bridgehead atoms. The summed E-state index contributed by atoms with van der Waals surface area (Å²) in [5.41, 5.74) is -0.0959. The van der Waals surface area contributed by atoms with Crippen molar-refractivity contribution in [3.63, 3.8) is 0 Å². The van der Waals surface area contributed by atoms with E-state index >= 15 is 0 Å². The minimum Gasteiger partial charge on any atom is -0.504 e. The molecule has 2 rings (SSSR count). The molecular weight excluding hydrogens is 440 g/mol. The number of aryl methyl sites for hydroxylation is 1. The summed E-state index contributed by atoms with van der Waals surface area (Å²) in [6.45, 7) is 2.09. The summed E-state index contributed by atoms with van der Waals surface area (Å²) in [5, 5.41) is 9.67. The first-order chi connectivity index (χ1) is 13.8. The lowest BCUT2D eigenvalue weighted by Gasteiger charge is -2.19. The quantitative estimate of drug-likeness (QED) is 0.491. The summed E-state index contributed by atoms with van der Waals surface area (Å²) < 4.78 is 6.81. The summed E-state index contributed by atoms with van der Waals surface area (Å²) in [6.07, 6.45) is 6.15. The van der Waals surface area contributed by atoms with Gasteiger partial charge >= 0.3 is 5.69 Å². The number of nitrogens with one attached hydrogen (secondary N) is 1. The van der Waals surface area contributed by atoms with Crippen LogP contribution in [-0.2, 0) is 11.2 Å². The number of phenols is 1. The van der Waals surface area contributed by atoms with Gasteiger partial charge < -0.3 is 9.84 Å². The van der Waals surface area contributed by atoms with Crippen LogP contribution in [0, 0.1) is 0 Å². The molecule has 8 heteroatoms. The number of hydrogen-bond acceptors (Lipinski definition) is 5. The van der Waals surface area contributed by atoms with Gasteiger partial charge in [-0.25, -0.2) is 4.79 Å². The van der Waals surface area contributed by atoms with Gasteiger partial charge in [0.15, 0.2) is 11.5 Å². The Morgan fingerprint density at radius 1 is 1.31 bits per heavy atom. The Labute approximate surface area is 177 Å². The minimum absolute atomic E-state index is 0.0350. The molecule has 1 atom stereocenters. The van der Waals surface area contributed by atoms with E-state index in [1.54, 1.807) is 18.2 Å². The van der Waals surface area contributed by atoms with Crippen LogP contribution in [0.3, 0.4) is 0 Å². The van der Waals surface area contributed by atoms with Crippen molar-refractivity contribution >= 4 is 21.7 Å². The van der Waals surface area contributed by atoms with Gasteiger partial charge in [0.2, 0.25) is 0 Å². The first kappa shape index (κ1) is 22.9. The molecule has 1 unspecified atom stereocenters. The Morgan fingerprint density at radius 3 is 2.76 bits per heavy atom. The molecule has 0 fully saturated rings. The Kier molecular flexibility index (Phi) is 8.70. The van der Waals surface area contributed by atoms with E-state index in [0.717, 1.165) is 24.8 Å². The maximum absolute atomic E-state index is 12.6. The van der Waals surface area contributed by atoms with Crippen molar-refractivity contribution in [2.75, 3.05) is 7.11 Å².